The van der Waals surface area contributed by atoms with Crippen molar-refractivity contribution in [1.82, 2.24) is 20.0 Å². The minimum atomic E-state index is -0.808. The molecular formula is C30H50N4O5. The fraction of sp³-hybridized carbons (Fsp3) is 0.700. The molecule has 1 aromatic rings. The van der Waals surface area contributed by atoms with Gasteiger partial charge in [-0.25, -0.2) is 9.69 Å². The van der Waals surface area contributed by atoms with E-state index in [1.54, 1.807) is 12.0 Å². The molecule has 1 aromatic carbocycles. The molecule has 0 unspecified atom stereocenters. The molecule has 1 saturated heterocycles. The zero-order valence-electron chi connectivity index (χ0n) is 25.1. The van der Waals surface area contributed by atoms with Gasteiger partial charge in [-0.1, -0.05) is 63.9 Å². The lowest BCUT2D eigenvalue weighted by Crippen LogP contribution is -2.72. The number of β-lactam (4-membered cyclic amide) rings is 1. The lowest BCUT2D eigenvalue weighted by Gasteiger charge is -2.53. The van der Waals surface area contributed by atoms with Crippen LogP contribution in [0.25, 0.3) is 0 Å². The van der Waals surface area contributed by atoms with E-state index in [-0.39, 0.29) is 24.5 Å². The molecular weight excluding hydrogens is 496 g/mol. The van der Waals surface area contributed by atoms with Crippen molar-refractivity contribution in [2.45, 2.75) is 79.5 Å². The average Bonchev–Trinajstić information content (AvgIpc) is 2.93. The zero-order chi connectivity index (χ0) is 29.0. The summed E-state index contributed by atoms with van der Waals surface area (Å²) in [5, 5.41) is 3.05. The topological polar surface area (TPSA) is 91.4 Å². The molecule has 0 aliphatic carbocycles. The Bertz CT molecular complexity index is 918. The first-order valence-electron chi connectivity index (χ1n) is 14.5. The highest BCUT2D eigenvalue weighted by molar-refractivity contribution is 6.03. The second-order valence-corrected chi connectivity index (χ2v) is 10.3. The predicted molar refractivity (Wildman–Crippen MR) is 153 cm³/mol. The molecule has 9 nitrogen and oxygen atoms in total. The first-order valence-corrected chi connectivity index (χ1v) is 14.5. The summed E-state index contributed by atoms with van der Waals surface area (Å²) in [6, 6.07) is 7.37. The van der Waals surface area contributed by atoms with Gasteiger partial charge in [0.2, 0.25) is 11.8 Å². The van der Waals surface area contributed by atoms with Crippen LogP contribution in [0.15, 0.2) is 24.3 Å². The van der Waals surface area contributed by atoms with Crippen LogP contribution >= 0.6 is 0 Å². The van der Waals surface area contributed by atoms with E-state index in [0.717, 1.165) is 43.6 Å². The number of rotatable bonds is 17. The highest BCUT2D eigenvalue weighted by atomic mass is 16.5. The standard InChI is InChI=1S/C30H50N4O5/c1-8-13-25(24-16-14-23(6)15-17-24)31-29(37)34-27(36)30(9-2,10-3)28(34)39-22-26(35)33(12-5)19-18-32(11-4)20-21-38-7/h14-17,25,28H,8-13,18-22H2,1-7H3,(H,31,37)/t25-,28+/m1/s1. The van der Waals surface area contributed by atoms with Crippen molar-refractivity contribution >= 4 is 17.8 Å². The number of imide groups is 1. The second-order valence-electron chi connectivity index (χ2n) is 10.3. The highest BCUT2D eigenvalue weighted by Crippen LogP contribution is 2.46. The smallest absolute Gasteiger partial charge is 0.326 e. The molecule has 2 atom stereocenters. The lowest BCUT2D eigenvalue weighted by molar-refractivity contribution is -0.212. The van der Waals surface area contributed by atoms with Gasteiger partial charge in [0.1, 0.15) is 6.61 Å². The summed E-state index contributed by atoms with van der Waals surface area (Å²) >= 11 is 0. The Morgan fingerprint density at radius 1 is 1.03 bits per heavy atom. The van der Waals surface area contributed by atoms with Gasteiger partial charge in [0.05, 0.1) is 18.1 Å². The zero-order valence-corrected chi connectivity index (χ0v) is 25.1. The average molecular weight is 547 g/mol. The van der Waals surface area contributed by atoms with Crippen molar-refractivity contribution in [2.75, 3.05) is 53.0 Å². The van der Waals surface area contributed by atoms with Gasteiger partial charge in [-0.05, 0) is 45.2 Å². The van der Waals surface area contributed by atoms with Gasteiger partial charge in [0.15, 0.2) is 6.23 Å². The summed E-state index contributed by atoms with van der Waals surface area (Å²) in [4.78, 5) is 45.0. The van der Waals surface area contributed by atoms with Crippen LogP contribution in [0.4, 0.5) is 4.79 Å². The Morgan fingerprint density at radius 3 is 2.23 bits per heavy atom. The number of hydrogen-bond donors (Lipinski definition) is 1. The maximum atomic E-state index is 13.4. The van der Waals surface area contributed by atoms with E-state index in [2.05, 4.69) is 24.1 Å². The fourth-order valence-electron chi connectivity index (χ4n) is 5.21. The minimum absolute atomic E-state index is 0.148. The monoisotopic (exact) mass is 546 g/mol. The molecule has 0 aromatic heterocycles. The van der Waals surface area contributed by atoms with Crippen molar-refractivity contribution < 1.29 is 23.9 Å². The second kappa shape index (κ2) is 15.9. The summed E-state index contributed by atoms with van der Waals surface area (Å²) in [6.07, 6.45) is 1.91. The van der Waals surface area contributed by atoms with Gasteiger partial charge in [0, 0.05) is 33.3 Å². The first kappa shape index (κ1) is 32.7. The number of likely N-dealkylation sites (N-methyl/N-ethyl adjacent to an activating group) is 2. The molecule has 1 heterocycles. The molecule has 0 radical (unpaired) electrons. The highest BCUT2D eigenvalue weighted by Gasteiger charge is 2.62. The third-order valence-corrected chi connectivity index (χ3v) is 8.03. The summed E-state index contributed by atoms with van der Waals surface area (Å²) in [5.74, 6) is -0.393. The van der Waals surface area contributed by atoms with Crippen molar-refractivity contribution in [1.29, 1.82) is 0 Å². The van der Waals surface area contributed by atoms with E-state index in [1.165, 1.54) is 4.90 Å². The quantitative estimate of drug-likeness (QED) is 0.292. The van der Waals surface area contributed by atoms with Crippen molar-refractivity contribution in [3.8, 4) is 0 Å². The van der Waals surface area contributed by atoms with E-state index in [1.807, 2.05) is 52.0 Å². The van der Waals surface area contributed by atoms with Gasteiger partial charge in [0.25, 0.3) is 0 Å². The molecule has 0 bridgehead atoms. The Morgan fingerprint density at radius 2 is 1.69 bits per heavy atom. The number of ether oxygens (including phenoxy) is 2. The summed E-state index contributed by atoms with van der Waals surface area (Å²) < 4.78 is 11.3. The third kappa shape index (κ3) is 8.02. The van der Waals surface area contributed by atoms with Crippen LogP contribution in [-0.4, -0.2) is 91.8 Å². The number of urea groups is 1. The Hall–Kier alpha value is -2.49. The Labute approximate surface area is 235 Å². The largest absolute Gasteiger partial charge is 0.383 e. The lowest BCUT2D eigenvalue weighted by atomic mass is 9.72. The number of methoxy groups -OCH3 is 1. The normalized spacial score (nSPS) is 17.2. The van der Waals surface area contributed by atoms with Crippen LogP contribution in [0.2, 0.25) is 0 Å². The van der Waals surface area contributed by atoms with Gasteiger partial charge >= 0.3 is 6.03 Å². The van der Waals surface area contributed by atoms with Gasteiger partial charge in [-0.2, -0.15) is 0 Å². The number of aryl methyl sites for hydroxylation is 1. The maximum absolute atomic E-state index is 13.4. The molecule has 220 valence electrons. The van der Waals surface area contributed by atoms with Crippen LogP contribution in [-0.2, 0) is 19.1 Å². The summed E-state index contributed by atoms with van der Waals surface area (Å²) in [6.45, 7) is 16.0. The van der Waals surface area contributed by atoms with E-state index in [0.29, 0.717) is 32.5 Å². The molecule has 1 aliphatic heterocycles. The Balaban J connectivity index is 2.11. The SMILES string of the molecule is CCC[C@@H](NC(=O)N1C(=O)C(CC)(CC)[C@@H]1OCC(=O)N(CC)CCN(CC)CCOC)c1ccc(C)cc1. The van der Waals surface area contributed by atoms with Crippen LogP contribution in [0.3, 0.4) is 0 Å². The van der Waals surface area contributed by atoms with Crippen molar-refractivity contribution in [2.24, 2.45) is 5.41 Å². The van der Waals surface area contributed by atoms with E-state index < -0.39 is 17.7 Å². The van der Waals surface area contributed by atoms with Crippen LogP contribution in [0.1, 0.15) is 77.5 Å². The molecule has 0 saturated carbocycles. The molecule has 1 aliphatic rings. The van der Waals surface area contributed by atoms with Crippen LogP contribution in [0.5, 0.6) is 0 Å². The predicted octanol–water partition coefficient (Wildman–Crippen LogP) is 4.35. The molecule has 9 heteroatoms. The molecule has 1 N–H and O–H groups in total. The molecule has 0 spiro atoms. The first-order chi connectivity index (χ1) is 18.7. The number of nitrogens with zero attached hydrogens (tertiary/aromatic N) is 3. The van der Waals surface area contributed by atoms with Gasteiger partial charge < -0.3 is 19.7 Å². The number of nitrogens with one attached hydrogen (secondary N) is 1. The Kier molecular flexibility index (Phi) is 13.4. The maximum Gasteiger partial charge on any atom is 0.326 e. The molecule has 39 heavy (non-hydrogen) atoms. The van der Waals surface area contributed by atoms with E-state index >= 15 is 0 Å². The summed E-state index contributed by atoms with van der Waals surface area (Å²) in [7, 11) is 1.68. The van der Waals surface area contributed by atoms with Gasteiger partial charge in [-0.15, -0.1) is 0 Å². The third-order valence-electron chi connectivity index (χ3n) is 8.03. The van der Waals surface area contributed by atoms with Crippen LogP contribution in [0, 0.1) is 12.3 Å². The van der Waals surface area contributed by atoms with Crippen LogP contribution < -0.4 is 5.32 Å². The van der Waals surface area contributed by atoms with Gasteiger partial charge in [-0.3, -0.25) is 14.5 Å². The molecule has 4 amide bonds. The minimum Gasteiger partial charge on any atom is -0.383 e. The number of amides is 4. The fourth-order valence-corrected chi connectivity index (χ4v) is 5.21. The number of carbonyl (C=O) groups excluding carboxylic acids is 3. The molecule has 1 fully saturated rings. The number of hydrogen-bond acceptors (Lipinski definition) is 6. The number of likely N-dealkylation sites (tertiary alicyclic amines) is 1. The number of benzene rings is 1. The van der Waals surface area contributed by atoms with Crippen molar-refractivity contribution in [3.05, 3.63) is 35.4 Å². The van der Waals surface area contributed by atoms with Crippen molar-refractivity contribution in [3.63, 3.8) is 0 Å². The number of carbonyl (C=O) groups is 3. The van der Waals surface area contributed by atoms with E-state index in [4.69, 9.17) is 9.47 Å². The van der Waals surface area contributed by atoms with E-state index in [9.17, 15) is 14.4 Å². The summed E-state index contributed by atoms with van der Waals surface area (Å²) in [5.41, 5.74) is 1.34. The molecule has 2 rings (SSSR count).